The third kappa shape index (κ3) is 2.76. The van der Waals surface area contributed by atoms with E-state index >= 15 is 0 Å². The number of nitrogens with zero attached hydrogens (tertiary/aromatic N) is 2. The molecular weight excluding hydrogens is 324 g/mol. The first kappa shape index (κ1) is 16.5. The highest BCUT2D eigenvalue weighted by Crippen LogP contribution is 2.33. The number of thiophene rings is 1. The van der Waals surface area contributed by atoms with E-state index in [4.69, 9.17) is 10.5 Å². The fraction of sp³-hybridized carbons (Fsp3) is 0.294. The SMILES string of the molecule is COc1ccc(-c2csc3nc(NCCN)n(C)c(=O)c23)cc1C. The molecule has 24 heavy (non-hydrogen) atoms. The van der Waals surface area contributed by atoms with E-state index < -0.39 is 0 Å². The van der Waals surface area contributed by atoms with Gasteiger partial charge in [-0.2, -0.15) is 0 Å². The summed E-state index contributed by atoms with van der Waals surface area (Å²) in [6, 6.07) is 5.91. The summed E-state index contributed by atoms with van der Waals surface area (Å²) in [4.78, 5) is 18.1. The lowest BCUT2D eigenvalue weighted by Crippen LogP contribution is -2.24. The number of methoxy groups -OCH3 is 1. The van der Waals surface area contributed by atoms with Crippen LogP contribution in [0.15, 0.2) is 28.4 Å². The average molecular weight is 344 g/mol. The molecule has 0 spiro atoms. The van der Waals surface area contributed by atoms with E-state index in [1.54, 1.807) is 14.2 Å². The molecule has 126 valence electrons. The third-order valence-electron chi connectivity index (χ3n) is 3.95. The first-order valence-corrected chi connectivity index (χ1v) is 8.52. The van der Waals surface area contributed by atoms with Gasteiger partial charge < -0.3 is 15.8 Å². The van der Waals surface area contributed by atoms with Crippen LogP contribution in [0.5, 0.6) is 5.75 Å². The normalized spacial score (nSPS) is 11.0. The summed E-state index contributed by atoms with van der Waals surface area (Å²) in [5.74, 6) is 1.37. The predicted octanol–water partition coefficient (Wildman–Crippen LogP) is 2.35. The number of fused-ring (bicyclic) bond motifs is 1. The summed E-state index contributed by atoms with van der Waals surface area (Å²) in [6.45, 7) is 3.04. The van der Waals surface area contributed by atoms with Gasteiger partial charge in [-0.1, -0.05) is 6.07 Å². The standard InChI is InChI=1S/C17H20N4O2S/c1-10-8-11(4-5-13(10)23-3)12-9-24-15-14(12)16(22)21(2)17(20-15)19-7-6-18/h4-5,8-9H,6-7,18H2,1-3H3,(H,19,20). The Morgan fingerprint density at radius 2 is 2.21 bits per heavy atom. The molecule has 6 nitrogen and oxygen atoms in total. The number of rotatable bonds is 5. The number of nitrogens with one attached hydrogen (secondary N) is 1. The number of aryl methyl sites for hydroxylation is 1. The van der Waals surface area contributed by atoms with Crippen LogP contribution in [0.1, 0.15) is 5.56 Å². The second-order valence-corrected chi connectivity index (χ2v) is 6.39. The van der Waals surface area contributed by atoms with Gasteiger partial charge in [0.25, 0.3) is 5.56 Å². The Morgan fingerprint density at radius 1 is 1.42 bits per heavy atom. The van der Waals surface area contributed by atoms with Gasteiger partial charge in [0.1, 0.15) is 10.6 Å². The predicted molar refractivity (Wildman–Crippen MR) is 99.1 cm³/mol. The first-order valence-electron chi connectivity index (χ1n) is 7.64. The largest absolute Gasteiger partial charge is 0.496 e. The Balaban J connectivity index is 2.16. The zero-order chi connectivity index (χ0) is 17.3. The zero-order valence-electron chi connectivity index (χ0n) is 13.9. The summed E-state index contributed by atoms with van der Waals surface area (Å²) in [6.07, 6.45) is 0. The molecule has 0 unspecified atom stereocenters. The summed E-state index contributed by atoms with van der Waals surface area (Å²) >= 11 is 1.47. The summed E-state index contributed by atoms with van der Waals surface area (Å²) in [5.41, 5.74) is 8.36. The molecule has 2 aromatic heterocycles. The van der Waals surface area contributed by atoms with E-state index in [9.17, 15) is 4.79 Å². The molecule has 0 saturated heterocycles. The molecular formula is C17H20N4O2S. The van der Waals surface area contributed by atoms with E-state index in [-0.39, 0.29) is 5.56 Å². The van der Waals surface area contributed by atoms with Gasteiger partial charge in [0.2, 0.25) is 5.95 Å². The molecule has 7 heteroatoms. The topological polar surface area (TPSA) is 82.2 Å². The summed E-state index contributed by atoms with van der Waals surface area (Å²) < 4.78 is 6.84. The van der Waals surface area contributed by atoms with Gasteiger partial charge in [-0.3, -0.25) is 9.36 Å². The second-order valence-electron chi connectivity index (χ2n) is 5.53. The van der Waals surface area contributed by atoms with Crippen molar-refractivity contribution in [2.24, 2.45) is 12.8 Å². The molecule has 1 aromatic carbocycles. The Hall–Kier alpha value is -2.38. The Kier molecular flexibility index (Phi) is 4.55. The Bertz CT molecular complexity index is 946. The molecule has 0 saturated carbocycles. The van der Waals surface area contributed by atoms with E-state index in [2.05, 4.69) is 10.3 Å². The zero-order valence-corrected chi connectivity index (χ0v) is 14.7. The van der Waals surface area contributed by atoms with Crippen LogP contribution in [0.3, 0.4) is 0 Å². The Morgan fingerprint density at radius 3 is 2.88 bits per heavy atom. The average Bonchev–Trinajstić information content (AvgIpc) is 3.00. The molecule has 0 fully saturated rings. The van der Waals surface area contributed by atoms with Crippen LogP contribution in [0.2, 0.25) is 0 Å². The molecule has 3 rings (SSSR count). The van der Waals surface area contributed by atoms with Crippen molar-refractivity contribution in [3.05, 3.63) is 39.5 Å². The number of nitrogens with two attached hydrogens (primary N) is 1. The van der Waals surface area contributed by atoms with Crippen molar-refractivity contribution in [2.75, 3.05) is 25.5 Å². The number of ether oxygens (including phenoxy) is 1. The van der Waals surface area contributed by atoms with Gasteiger partial charge >= 0.3 is 0 Å². The maximum absolute atomic E-state index is 12.8. The minimum Gasteiger partial charge on any atom is -0.496 e. The Labute approximate surface area is 143 Å². The lowest BCUT2D eigenvalue weighted by molar-refractivity contribution is 0.412. The maximum Gasteiger partial charge on any atom is 0.264 e. The van der Waals surface area contributed by atoms with Gasteiger partial charge in [0, 0.05) is 31.1 Å². The maximum atomic E-state index is 12.8. The number of hydrogen-bond donors (Lipinski definition) is 2. The molecule has 3 aromatic rings. The second kappa shape index (κ2) is 6.62. The van der Waals surface area contributed by atoms with Crippen LogP contribution in [-0.4, -0.2) is 29.8 Å². The van der Waals surface area contributed by atoms with Crippen molar-refractivity contribution in [1.82, 2.24) is 9.55 Å². The lowest BCUT2D eigenvalue weighted by atomic mass is 10.0. The number of aromatic nitrogens is 2. The van der Waals surface area contributed by atoms with Crippen LogP contribution >= 0.6 is 11.3 Å². The smallest absolute Gasteiger partial charge is 0.264 e. The highest BCUT2D eigenvalue weighted by atomic mass is 32.1. The highest BCUT2D eigenvalue weighted by Gasteiger charge is 2.15. The molecule has 2 heterocycles. The van der Waals surface area contributed by atoms with E-state index in [1.165, 1.54) is 15.9 Å². The fourth-order valence-corrected chi connectivity index (χ4v) is 3.61. The highest BCUT2D eigenvalue weighted by molar-refractivity contribution is 7.17. The van der Waals surface area contributed by atoms with Gasteiger partial charge in [-0.05, 0) is 30.2 Å². The quantitative estimate of drug-likeness (QED) is 0.742. The fourth-order valence-electron chi connectivity index (χ4n) is 2.67. The molecule has 0 aliphatic rings. The van der Waals surface area contributed by atoms with E-state index in [0.29, 0.717) is 24.4 Å². The van der Waals surface area contributed by atoms with Crippen molar-refractivity contribution in [2.45, 2.75) is 6.92 Å². The van der Waals surface area contributed by atoms with Crippen LogP contribution in [0.25, 0.3) is 21.3 Å². The molecule has 0 radical (unpaired) electrons. The van der Waals surface area contributed by atoms with Crippen molar-refractivity contribution in [1.29, 1.82) is 0 Å². The van der Waals surface area contributed by atoms with Gasteiger partial charge in [-0.25, -0.2) is 4.98 Å². The van der Waals surface area contributed by atoms with E-state index in [1.807, 2.05) is 30.5 Å². The summed E-state index contributed by atoms with van der Waals surface area (Å²) in [7, 11) is 3.37. The molecule has 0 amide bonds. The third-order valence-corrected chi connectivity index (χ3v) is 4.82. The lowest BCUT2D eigenvalue weighted by Gasteiger charge is -2.10. The minimum atomic E-state index is -0.0655. The van der Waals surface area contributed by atoms with Crippen LogP contribution < -0.4 is 21.3 Å². The number of hydrogen-bond acceptors (Lipinski definition) is 6. The molecule has 0 atom stereocenters. The number of anilines is 1. The first-order chi connectivity index (χ1) is 11.6. The van der Waals surface area contributed by atoms with Gasteiger partial charge in [0.15, 0.2) is 0 Å². The van der Waals surface area contributed by atoms with Crippen molar-refractivity contribution in [3.8, 4) is 16.9 Å². The van der Waals surface area contributed by atoms with Crippen LogP contribution in [0, 0.1) is 6.92 Å². The van der Waals surface area contributed by atoms with Gasteiger partial charge in [0.05, 0.1) is 12.5 Å². The monoisotopic (exact) mass is 344 g/mol. The minimum absolute atomic E-state index is 0.0655. The molecule has 0 aliphatic heterocycles. The summed E-state index contributed by atoms with van der Waals surface area (Å²) in [5, 5.41) is 5.71. The van der Waals surface area contributed by atoms with Crippen molar-refractivity contribution >= 4 is 27.5 Å². The van der Waals surface area contributed by atoms with E-state index in [0.717, 1.165) is 27.3 Å². The van der Waals surface area contributed by atoms with Crippen LogP contribution in [0.4, 0.5) is 5.95 Å². The van der Waals surface area contributed by atoms with Gasteiger partial charge in [-0.15, -0.1) is 11.3 Å². The van der Waals surface area contributed by atoms with Crippen LogP contribution in [-0.2, 0) is 7.05 Å². The number of benzene rings is 1. The van der Waals surface area contributed by atoms with Crippen molar-refractivity contribution in [3.63, 3.8) is 0 Å². The van der Waals surface area contributed by atoms with Crippen molar-refractivity contribution < 1.29 is 4.74 Å². The molecule has 0 bridgehead atoms. The molecule has 3 N–H and O–H groups in total. The molecule has 0 aliphatic carbocycles.